The minimum atomic E-state index is -0.695. The predicted molar refractivity (Wildman–Crippen MR) is 114 cm³/mol. The number of hydrogen-bond donors (Lipinski definition) is 2. The highest BCUT2D eigenvalue weighted by Gasteiger charge is 2.25. The highest BCUT2D eigenvalue weighted by Crippen LogP contribution is 2.40. The summed E-state index contributed by atoms with van der Waals surface area (Å²) in [5.74, 6) is 0.411. The molecule has 1 atom stereocenters. The second kappa shape index (κ2) is 9.14. The molecular formula is C24H29FN2O3. The van der Waals surface area contributed by atoms with Crippen LogP contribution >= 0.6 is 0 Å². The van der Waals surface area contributed by atoms with Gasteiger partial charge in [0.25, 0.3) is 0 Å². The molecule has 0 bridgehead atoms. The Kier molecular flexibility index (Phi) is 6.35. The third-order valence-corrected chi connectivity index (χ3v) is 6.07. The van der Waals surface area contributed by atoms with Crippen molar-refractivity contribution in [3.8, 4) is 16.9 Å². The summed E-state index contributed by atoms with van der Waals surface area (Å²) in [5, 5.41) is 10.3. The first-order valence-electron chi connectivity index (χ1n) is 10.7. The van der Waals surface area contributed by atoms with Gasteiger partial charge >= 0.3 is 0 Å². The zero-order valence-corrected chi connectivity index (χ0v) is 17.1. The maximum absolute atomic E-state index is 14.1. The van der Waals surface area contributed by atoms with Crippen LogP contribution in [0.25, 0.3) is 11.1 Å². The van der Waals surface area contributed by atoms with E-state index in [1.165, 1.54) is 30.5 Å². The van der Waals surface area contributed by atoms with Crippen LogP contribution in [-0.4, -0.2) is 48.3 Å². The van der Waals surface area contributed by atoms with E-state index in [1.54, 1.807) is 6.07 Å². The molecule has 0 aromatic heterocycles. The van der Waals surface area contributed by atoms with E-state index < -0.39 is 6.10 Å². The topological polar surface area (TPSA) is 75.8 Å². The van der Waals surface area contributed by atoms with Crippen LogP contribution in [0.3, 0.4) is 0 Å². The molecule has 1 saturated heterocycles. The van der Waals surface area contributed by atoms with E-state index in [1.807, 2.05) is 12.1 Å². The van der Waals surface area contributed by atoms with Gasteiger partial charge in [-0.15, -0.1) is 0 Å². The van der Waals surface area contributed by atoms with Crippen molar-refractivity contribution in [2.75, 3.05) is 26.2 Å². The van der Waals surface area contributed by atoms with Crippen LogP contribution < -0.4 is 10.5 Å². The second-order valence-corrected chi connectivity index (χ2v) is 8.51. The van der Waals surface area contributed by atoms with Gasteiger partial charge in [0.1, 0.15) is 24.3 Å². The number of carbonyl (C=O) groups excluding carboxylic acids is 1. The lowest BCUT2D eigenvalue weighted by molar-refractivity contribution is -0.123. The largest absolute Gasteiger partial charge is 0.491 e. The summed E-state index contributed by atoms with van der Waals surface area (Å²) >= 11 is 0. The van der Waals surface area contributed by atoms with E-state index in [9.17, 15) is 14.3 Å². The molecule has 1 amide bonds. The Bertz CT molecular complexity index is 875. The fourth-order valence-corrected chi connectivity index (χ4v) is 4.12. The molecule has 0 spiro atoms. The quantitative estimate of drug-likeness (QED) is 0.698. The third-order valence-electron chi connectivity index (χ3n) is 6.07. The van der Waals surface area contributed by atoms with Crippen LogP contribution in [0, 0.1) is 11.7 Å². The molecule has 0 radical (unpaired) electrons. The molecule has 2 aromatic rings. The van der Waals surface area contributed by atoms with Gasteiger partial charge in [0, 0.05) is 18.5 Å². The van der Waals surface area contributed by atoms with E-state index in [0.29, 0.717) is 18.2 Å². The Hall–Kier alpha value is -2.44. The average molecular weight is 413 g/mol. The number of carbonyl (C=O) groups is 1. The van der Waals surface area contributed by atoms with E-state index in [0.717, 1.165) is 37.1 Å². The molecule has 1 heterocycles. The molecule has 1 unspecified atom stereocenters. The van der Waals surface area contributed by atoms with E-state index in [4.69, 9.17) is 10.5 Å². The smallest absolute Gasteiger partial charge is 0.220 e. The van der Waals surface area contributed by atoms with Crippen molar-refractivity contribution in [2.45, 2.75) is 37.7 Å². The number of benzene rings is 2. The van der Waals surface area contributed by atoms with Crippen molar-refractivity contribution >= 4 is 5.91 Å². The molecule has 1 aliphatic heterocycles. The summed E-state index contributed by atoms with van der Waals surface area (Å²) in [6.07, 6.45) is 3.25. The van der Waals surface area contributed by atoms with Crippen LogP contribution in [0.1, 0.15) is 37.2 Å². The Morgan fingerprint density at radius 3 is 2.43 bits per heavy atom. The van der Waals surface area contributed by atoms with Crippen LogP contribution in [0.15, 0.2) is 42.5 Å². The molecule has 2 fully saturated rings. The van der Waals surface area contributed by atoms with Gasteiger partial charge in [0.2, 0.25) is 5.91 Å². The molecule has 1 saturated carbocycles. The molecule has 6 heteroatoms. The number of nitrogens with two attached hydrogens (primary N) is 1. The number of halogens is 1. The zero-order chi connectivity index (χ0) is 21.1. The number of hydrogen-bond acceptors (Lipinski definition) is 4. The molecule has 5 nitrogen and oxygen atoms in total. The standard InChI is InChI=1S/C24H29FN2O3/c25-21-11-20(18-5-3-17(4-6-18)16-1-2-16)12-23(13-21)30-15-22(28)14-27-9-7-19(8-10-27)24(26)29/h3-6,11-13,16,19,22,28H,1-2,7-10,14-15H2,(H2,26,29). The first-order chi connectivity index (χ1) is 14.5. The molecular weight excluding hydrogens is 383 g/mol. The molecule has 4 rings (SSSR count). The summed E-state index contributed by atoms with van der Waals surface area (Å²) in [6.45, 7) is 1.99. The van der Waals surface area contributed by atoms with Crippen molar-refractivity contribution in [1.82, 2.24) is 4.90 Å². The minimum Gasteiger partial charge on any atom is -0.491 e. The number of β-amino-alcohol motifs (C(OH)–C–C–N with tert-alkyl or cyclic N) is 1. The summed E-state index contributed by atoms with van der Waals surface area (Å²) in [6, 6.07) is 12.9. The van der Waals surface area contributed by atoms with Crippen molar-refractivity contribution in [3.05, 3.63) is 53.8 Å². The van der Waals surface area contributed by atoms with Crippen molar-refractivity contribution < 1.29 is 19.0 Å². The Morgan fingerprint density at radius 2 is 1.80 bits per heavy atom. The number of ether oxygens (including phenoxy) is 1. The molecule has 160 valence electrons. The van der Waals surface area contributed by atoms with Gasteiger partial charge in [-0.3, -0.25) is 4.79 Å². The van der Waals surface area contributed by atoms with Gasteiger partial charge in [0.05, 0.1) is 0 Å². The van der Waals surface area contributed by atoms with Crippen LogP contribution in [0.4, 0.5) is 4.39 Å². The van der Waals surface area contributed by atoms with Gasteiger partial charge in [-0.2, -0.15) is 0 Å². The molecule has 2 aromatic carbocycles. The lowest BCUT2D eigenvalue weighted by Crippen LogP contribution is -2.43. The maximum Gasteiger partial charge on any atom is 0.220 e. The first-order valence-corrected chi connectivity index (χ1v) is 10.7. The van der Waals surface area contributed by atoms with E-state index in [-0.39, 0.29) is 24.2 Å². The predicted octanol–water partition coefficient (Wildman–Crippen LogP) is 3.31. The average Bonchev–Trinajstić information content (AvgIpc) is 3.58. The van der Waals surface area contributed by atoms with Gasteiger partial charge in [-0.05, 0) is 73.5 Å². The number of amides is 1. The number of nitrogens with zero attached hydrogens (tertiary/aromatic N) is 1. The fourth-order valence-electron chi connectivity index (χ4n) is 4.12. The summed E-state index contributed by atoms with van der Waals surface area (Å²) in [4.78, 5) is 13.4. The number of likely N-dealkylation sites (tertiary alicyclic amines) is 1. The van der Waals surface area contributed by atoms with Gasteiger partial charge in [-0.1, -0.05) is 24.3 Å². The number of primary amides is 1. The van der Waals surface area contributed by atoms with Crippen molar-refractivity contribution in [3.63, 3.8) is 0 Å². The second-order valence-electron chi connectivity index (χ2n) is 8.51. The minimum absolute atomic E-state index is 0.0706. The van der Waals surface area contributed by atoms with Crippen LogP contribution in [-0.2, 0) is 4.79 Å². The highest BCUT2D eigenvalue weighted by molar-refractivity contribution is 5.76. The lowest BCUT2D eigenvalue weighted by atomic mass is 9.96. The van der Waals surface area contributed by atoms with Crippen LogP contribution in [0.5, 0.6) is 5.75 Å². The Labute approximate surface area is 176 Å². The number of aliphatic hydroxyl groups excluding tert-OH is 1. The van der Waals surface area contributed by atoms with Gasteiger partial charge in [-0.25, -0.2) is 4.39 Å². The van der Waals surface area contributed by atoms with Crippen LogP contribution in [0.2, 0.25) is 0 Å². The molecule has 2 aliphatic rings. The monoisotopic (exact) mass is 412 g/mol. The number of aliphatic hydroxyl groups is 1. The van der Waals surface area contributed by atoms with E-state index in [2.05, 4.69) is 17.0 Å². The zero-order valence-electron chi connectivity index (χ0n) is 17.1. The normalized spacial score (nSPS) is 18.9. The number of rotatable bonds is 8. The number of piperidine rings is 1. The summed E-state index contributed by atoms with van der Waals surface area (Å²) in [5.41, 5.74) is 8.41. The Morgan fingerprint density at radius 1 is 1.10 bits per heavy atom. The lowest BCUT2D eigenvalue weighted by Gasteiger charge is -2.31. The summed E-state index contributed by atoms with van der Waals surface area (Å²) in [7, 11) is 0. The van der Waals surface area contributed by atoms with Gasteiger partial charge < -0.3 is 20.5 Å². The highest BCUT2D eigenvalue weighted by atomic mass is 19.1. The Balaban J connectivity index is 1.31. The van der Waals surface area contributed by atoms with Gasteiger partial charge in [0.15, 0.2) is 0 Å². The molecule has 3 N–H and O–H groups in total. The van der Waals surface area contributed by atoms with Crippen molar-refractivity contribution in [1.29, 1.82) is 0 Å². The molecule has 30 heavy (non-hydrogen) atoms. The SMILES string of the molecule is NC(=O)C1CCN(CC(O)COc2cc(F)cc(-c3ccc(C4CC4)cc3)c2)CC1. The summed E-state index contributed by atoms with van der Waals surface area (Å²) < 4.78 is 19.8. The van der Waals surface area contributed by atoms with Crippen molar-refractivity contribution in [2.24, 2.45) is 11.7 Å². The van der Waals surface area contributed by atoms with E-state index >= 15 is 0 Å². The fraction of sp³-hybridized carbons (Fsp3) is 0.458. The maximum atomic E-state index is 14.1. The third kappa shape index (κ3) is 5.37. The first kappa shape index (κ1) is 20.8. The molecule has 1 aliphatic carbocycles.